The normalized spacial score (nSPS) is 23.4. The Hall–Kier alpha value is -2.90. The van der Waals surface area contributed by atoms with Crippen molar-refractivity contribution in [3.63, 3.8) is 0 Å². The van der Waals surface area contributed by atoms with Crippen LogP contribution in [0.1, 0.15) is 51.0 Å². The van der Waals surface area contributed by atoms with Crippen molar-refractivity contribution in [2.24, 2.45) is 0 Å². The van der Waals surface area contributed by atoms with E-state index in [1.807, 2.05) is 13.0 Å². The average molecular weight is 401 g/mol. The van der Waals surface area contributed by atoms with Gasteiger partial charge in [-0.25, -0.2) is 9.59 Å². The maximum Gasteiger partial charge on any atom is 0.331 e. The van der Waals surface area contributed by atoms with Crippen LogP contribution in [0.15, 0.2) is 30.3 Å². The lowest BCUT2D eigenvalue weighted by atomic mass is 9.81. The van der Waals surface area contributed by atoms with Crippen LogP contribution in [-0.4, -0.2) is 47.9 Å². The maximum absolute atomic E-state index is 13.1. The zero-order valence-electron chi connectivity index (χ0n) is 16.8. The molecule has 4 amide bonds. The number of imide groups is 1. The van der Waals surface area contributed by atoms with Crippen LogP contribution >= 0.6 is 0 Å². The third-order valence-corrected chi connectivity index (χ3v) is 5.94. The molecule has 0 bridgehead atoms. The van der Waals surface area contributed by atoms with E-state index in [-0.39, 0.29) is 0 Å². The van der Waals surface area contributed by atoms with Crippen LogP contribution in [0.2, 0.25) is 0 Å². The molecular weight excluding hydrogens is 374 g/mol. The third-order valence-electron chi connectivity index (χ3n) is 5.94. The number of nitrogens with zero attached hydrogens (tertiary/aromatic N) is 1. The van der Waals surface area contributed by atoms with Gasteiger partial charge >= 0.3 is 12.0 Å². The summed E-state index contributed by atoms with van der Waals surface area (Å²) in [6, 6.07) is 8.36. The highest BCUT2D eigenvalue weighted by Crippen LogP contribution is 2.33. The Morgan fingerprint density at radius 1 is 1.14 bits per heavy atom. The van der Waals surface area contributed by atoms with Crippen molar-refractivity contribution in [3.05, 3.63) is 35.9 Å². The molecule has 1 aromatic carbocycles. The Morgan fingerprint density at radius 2 is 1.79 bits per heavy atom. The molecule has 0 spiro atoms. The Morgan fingerprint density at radius 3 is 2.38 bits per heavy atom. The summed E-state index contributed by atoms with van der Waals surface area (Å²) in [5.41, 5.74) is -1.62. The first-order valence-electron chi connectivity index (χ1n) is 9.97. The molecule has 0 aromatic heterocycles. The van der Waals surface area contributed by atoms with E-state index in [0.717, 1.165) is 24.2 Å². The summed E-state index contributed by atoms with van der Waals surface area (Å²) in [4.78, 5) is 51.7. The number of esters is 1. The molecule has 8 heteroatoms. The van der Waals surface area contributed by atoms with Crippen LogP contribution in [0, 0.1) is 0 Å². The molecule has 2 N–H and O–H groups in total. The third kappa shape index (κ3) is 3.71. The lowest BCUT2D eigenvalue weighted by Crippen LogP contribution is -2.58. The lowest BCUT2D eigenvalue weighted by molar-refractivity contribution is -0.152. The number of amides is 4. The van der Waals surface area contributed by atoms with Gasteiger partial charge in [0.05, 0.1) is 7.11 Å². The molecule has 3 rings (SSSR count). The standard InChI is InChI=1S/C21H27N3O5/c1-3-21(15-10-6-4-7-11-15)17(26)24(19(28)23-21)14-16(25)22-20(18(27)29-2)12-8-5-9-13-20/h4,6-7,10-11H,3,5,8-9,12-14H2,1-2H3,(H,22,25)(H,23,28). The number of hydrogen-bond donors (Lipinski definition) is 2. The zero-order valence-corrected chi connectivity index (χ0v) is 16.8. The number of ether oxygens (including phenoxy) is 1. The quantitative estimate of drug-likeness (QED) is 0.559. The van der Waals surface area contributed by atoms with E-state index in [0.29, 0.717) is 24.8 Å². The van der Waals surface area contributed by atoms with Crippen LogP contribution in [0.4, 0.5) is 4.79 Å². The summed E-state index contributed by atoms with van der Waals surface area (Å²) in [6.45, 7) is 1.36. The predicted molar refractivity (Wildman–Crippen MR) is 105 cm³/mol. The monoisotopic (exact) mass is 401 g/mol. The number of rotatable bonds is 6. The molecule has 8 nitrogen and oxygen atoms in total. The predicted octanol–water partition coefficient (Wildman–Crippen LogP) is 1.84. The Bertz CT molecular complexity index is 804. The van der Waals surface area contributed by atoms with Crippen LogP contribution in [0.3, 0.4) is 0 Å². The highest BCUT2D eigenvalue weighted by atomic mass is 16.5. The topological polar surface area (TPSA) is 105 Å². The summed E-state index contributed by atoms with van der Waals surface area (Å²) in [5, 5.41) is 5.50. The molecule has 29 heavy (non-hydrogen) atoms. The zero-order chi connectivity index (χ0) is 21.1. The summed E-state index contributed by atoms with van der Waals surface area (Å²) in [7, 11) is 1.29. The van der Waals surface area contributed by atoms with Gasteiger partial charge in [0.1, 0.15) is 17.6 Å². The van der Waals surface area contributed by atoms with Gasteiger partial charge in [0, 0.05) is 0 Å². The summed E-state index contributed by atoms with van der Waals surface area (Å²) >= 11 is 0. The van der Waals surface area contributed by atoms with Crippen molar-refractivity contribution in [2.75, 3.05) is 13.7 Å². The number of methoxy groups -OCH3 is 1. The van der Waals surface area contributed by atoms with E-state index in [2.05, 4.69) is 10.6 Å². The van der Waals surface area contributed by atoms with Gasteiger partial charge < -0.3 is 15.4 Å². The smallest absolute Gasteiger partial charge is 0.331 e. The SMILES string of the molecule is CCC1(c2ccccc2)NC(=O)N(CC(=O)NC2(C(=O)OC)CCCCC2)C1=O. The highest BCUT2D eigenvalue weighted by molar-refractivity contribution is 6.09. The fourth-order valence-electron chi connectivity index (χ4n) is 4.31. The van der Waals surface area contributed by atoms with Gasteiger partial charge in [-0.15, -0.1) is 0 Å². The second-order valence-electron chi connectivity index (χ2n) is 7.63. The first kappa shape index (κ1) is 20.8. The van der Waals surface area contributed by atoms with Crippen molar-refractivity contribution < 1.29 is 23.9 Å². The Balaban J connectivity index is 1.77. The molecule has 1 saturated carbocycles. The minimum Gasteiger partial charge on any atom is -0.467 e. The molecule has 0 radical (unpaired) electrons. The Labute approximate surface area is 170 Å². The second-order valence-corrected chi connectivity index (χ2v) is 7.63. The minimum atomic E-state index is -1.19. The summed E-state index contributed by atoms with van der Waals surface area (Å²) in [6.07, 6.45) is 3.89. The molecule has 1 aliphatic heterocycles. The first-order valence-corrected chi connectivity index (χ1v) is 9.97. The number of urea groups is 1. The van der Waals surface area contributed by atoms with Gasteiger partial charge in [0.25, 0.3) is 5.91 Å². The Kier molecular flexibility index (Phi) is 5.91. The molecule has 1 unspecified atom stereocenters. The van der Waals surface area contributed by atoms with E-state index in [1.54, 1.807) is 24.3 Å². The van der Waals surface area contributed by atoms with Crippen molar-refractivity contribution in [1.82, 2.24) is 15.5 Å². The number of benzene rings is 1. The summed E-state index contributed by atoms with van der Waals surface area (Å²) in [5.74, 6) is -1.52. The molecule has 1 saturated heterocycles. The molecule has 1 aliphatic carbocycles. The van der Waals surface area contributed by atoms with Gasteiger partial charge in [0.2, 0.25) is 5.91 Å². The van der Waals surface area contributed by atoms with Crippen molar-refractivity contribution in [1.29, 1.82) is 0 Å². The molecular formula is C21H27N3O5. The van der Waals surface area contributed by atoms with Crippen LogP contribution in [0.25, 0.3) is 0 Å². The summed E-state index contributed by atoms with van der Waals surface area (Å²) < 4.78 is 4.90. The molecule has 2 aliphatic rings. The van der Waals surface area contributed by atoms with E-state index < -0.39 is 41.4 Å². The lowest BCUT2D eigenvalue weighted by Gasteiger charge is -2.35. The van der Waals surface area contributed by atoms with Gasteiger partial charge in [-0.05, 0) is 24.8 Å². The van der Waals surface area contributed by atoms with Crippen LogP contribution in [0.5, 0.6) is 0 Å². The van der Waals surface area contributed by atoms with Gasteiger partial charge in [0.15, 0.2) is 0 Å². The van der Waals surface area contributed by atoms with Crippen molar-refractivity contribution >= 4 is 23.8 Å². The highest BCUT2D eigenvalue weighted by Gasteiger charge is 2.52. The molecule has 1 atom stereocenters. The number of hydrogen-bond acceptors (Lipinski definition) is 5. The van der Waals surface area contributed by atoms with Crippen LogP contribution in [-0.2, 0) is 24.7 Å². The second kappa shape index (κ2) is 8.23. The largest absolute Gasteiger partial charge is 0.467 e. The molecule has 1 heterocycles. The fraction of sp³-hybridized carbons (Fsp3) is 0.524. The van der Waals surface area contributed by atoms with E-state index in [1.165, 1.54) is 7.11 Å². The van der Waals surface area contributed by atoms with Crippen LogP contribution < -0.4 is 10.6 Å². The number of carbonyl (C=O) groups is 4. The van der Waals surface area contributed by atoms with Crippen molar-refractivity contribution in [3.8, 4) is 0 Å². The van der Waals surface area contributed by atoms with Gasteiger partial charge in [-0.3, -0.25) is 14.5 Å². The number of nitrogens with one attached hydrogen (secondary N) is 2. The van der Waals surface area contributed by atoms with E-state index >= 15 is 0 Å². The minimum absolute atomic E-state index is 0.353. The number of carbonyl (C=O) groups excluding carboxylic acids is 4. The van der Waals surface area contributed by atoms with E-state index in [9.17, 15) is 19.2 Å². The average Bonchev–Trinajstić information content (AvgIpc) is 2.99. The van der Waals surface area contributed by atoms with Crippen molar-refractivity contribution in [2.45, 2.75) is 56.5 Å². The van der Waals surface area contributed by atoms with Gasteiger partial charge in [-0.2, -0.15) is 0 Å². The molecule has 2 fully saturated rings. The molecule has 1 aromatic rings. The maximum atomic E-state index is 13.1. The first-order chi connectivity index (χ1) is 13.9. The molecule has 156 valence electrons. The van der Waals surface area contributed by atoms with E-state index in [4.69, 9.17) is 4.74 Å². The fourth-order valence-corrected chi connectivity index (χ4v) is 4.31. The van der Waals surface area contributed by atoms with Gasteiger partial charge in [-0.1, -0.05) is 56.5 Å².